The molecule has 2 aromatic rings. The van der Waals surface area contributed by atoms with E-state index in [2.05, 4.69) is 33.5 Å². The van der Waals surface area contributed by atoms with Crippen molar-refractivity contribution in [1.29, 1.82) is 0 Å². The first-order chi connectivity index (χ1) is 8.61. The van der Waals surface area contributed by atoms with Gasteiger partial charge in [0.15, 0.2) is 5.65 Å². The Morgan fingerprint density at radius 3 is 2.72 bits per heavy atom. The van der Waals surface area contributed by atoms with Crippen molar-refractivity contribution in [2.45, 2.75) is 25.8 Å². The zero-order valence-corrected chi connectivity index (χ0v) is 11.9. The number of aryl methyl sites for hydroxylation is 2. The van der Waals surface area contributed by atoms with Crippen molar-refractivity contribution in [2.75, 3.05) is 20.6 Å². The van der Waals surface area contributed by atoms with E-state index in [0.29, 0.717) is 5.88 Å². The van der Waals surface area contributed by atoms with Crippen molar-refractivity contribution >= 4 is 22.8 Å². The van der Waals surface area contributed by atoms with Crippen molar-refractivity contribution in [2.24, 2.45) is 0 Å². The molecule has 0 aliphatic rings. The predicted molar refractivity (Wildman–Crippen MR) is 75.0 cm³/mol. The van der Waals surface area contributed by atoms with Gasteiger partial charge in [0, 0.05) is 12.2 Å². The van der Waals surface area contributed by atoms with E-state index in [0.717, 1.165) is 42.2 Å². The quantitative estimate of drug-likeness (QED) is 0.780. The first-order valence-electron chi connectivity index (χ1n) is 6.15. The Bertz CT molecular complexity index is 533. The Kier molecular flexibility index (Phi) is 4.19. The van der Waals surface area contributed by atoms with E-state index in [1.54, 1.807) is 0 Å². The van der Waals surface area contributed by atoms with Gasteiger partial charge in [0.1, 0.15) is 11.3 Å². The van der Waals surface area contributed by atoms with Crippen LogP contribution in [0.1, 0.15) is 17.9 Å². The largest absolute Gasteiger partial charge is 0.312 e. The van der Waals surface area contributed by atoms with Crippen molar-refractivity contribution in [1.82, 2.24) is 19.4 Å². The SMILES string of the molecule is Cc1ccc2nc(CCl)n(CCCN(C)C)c2n1. The molecule has 0 aliphatic heterocycles. The monoisotopic (exact) mass is 266 g/mol. The second-order valence-electron chi connectivity index (χ2n) is 4.77. The highest BCUT2D eigenvalue weighted by molar-refractivity contribution is 6.16. The minimum absolute atomic E-state index is 0.428. The fourth-order valence-electron chi connectivity index (χ4n) is 2.03. The summed E-state index contributed by atoms with van der Waals surface area (Å²) in [7, 11) is 4.16. The molecule has 0 saturated heterocycles. The van der Waals surface area contributed by atoms with Crippen LogP contribution in [0.5, 0.6) is 0 Å². The lowest BCUT2D eigenvalue weighted by atomic mass is 10.3. The van der Waals surface area contributed by atoms with Gasteiger partial charge < -0.3 is 9.47 Å². The Balaban J connectivity index is 2.30. The van der Waals surface area contributed by atoms with Gasteiger partial charge in [0.25, 0.3) is 0 Å². The summed E-state index contributed by atoms with van der Waals surface area (Å²) in [6.07, 6.45) is 1.07. The molecule has 0 saturated carbocycles. The number of hydrogen-bond acceptors (Lipinski definition) is 3. The molecule has 0 spiro atoms. The minimum atomic E-state index is 0.428. The predicted octanol–water partition coefficient (Wildman–Crippen LogP) is 2.43. The zero-order valence-electron chi connectivity index (χ0n) is 11.1. The van der Waals surface area contributed by atoms with E-state index in [1.165, 1.54) is 0 Å². The first-order valence-corrected chi connectivity index (χ1v) is 6.68. The highest BCUT2D eigenvalue weighted by Gasteiger charge is 2.10. The van der Waals surface area contributed by atoms with Gasteiger partial charge in [-0.3, -0.25) is 0 Å². The molecule has 18 heavy (non-hydrogen) atoms. The van der Waals surface area contributed by atoms with Crippen LogP contribution >= 0.6 is 11.6 Å². The average Bonchev–Trinajstić information content (AvgIpc) is 2.66. The Morgan fingerprint density at radius 2 is 2.06 bits per heavy atom. The van der Waals surface area contributed by atoms with Crippen LogP contribution in [-0.2, 0) is 12.4 Å². The summed E-state index contributed by atoms with van der Waals surface area (Å²) < 4.78 is 2.14. The van der Waals surface area contributed by atoms with Crippen molar-refractivity contribution in [3.05, 3.63) is 23.7 Å². The molecule has 2 rings (SSSR count). The number of nitrogens with zero attached hydrogens (tertiary/aromatic N) is 4. The van der Waals surface area contributed by atoms with Gasteiger partial charge in [-0.25, -0.2) is 9.97 Å². The van der Waals surface area contributed by atoms with E-state index >= 15 is 0 Å². The van der Waals surface area contributed by atoms with Crippen molar-refractivity contribution in [3.8, 4) is 0 Å². The van der Waals surface area contributed by atoms with Crippen LogP contribution < -0.4 is 0 Å². The number of aromatic nitrogens is 3. The normalized spacial score (nSPS) is 11.6. The summed E-state index contributed by atoms with van der Waals surface area (Å²) >= 11 is 5.96. The second kappa shape index (κ2) is 5.67. The standard InChI is InChI=1S/C13H19ClN4/c1-10-5-6-11-13(15-10)18(12(9-14)16-11)8-4-7-17(2)3/h5-6H,4,7-9H2,1-3H3. The molecular weight excluding hydrogens is 248 g/mol. The smallest absolute Gasteiger partial charge is 0.160 e. The van der Waals surface area contributed by atoms with Gasteiger partial charge in [0.2, 0.25) is 0 Å². The van der Waals surface area contributed by atoms with Crippen LogP contribution in [0.4, 0.5) is 0 Å². The first kappa shape index (κ1) is 13.3. The third-order valence-corrected chi connectivity index (χ3v) is 3.16. The zero-order chi connectivity index (χ0) is 13.1. The maximum Gasteiger partial charge on any atom is 0.160 e. The molecule has 5 heteroatoms. The Hall–Kier alpha value is -1.13. The third kappa shape index (κ3) is 2.82. The molecule has 2 heterocycles. The van der Waals surface area contributed by atoms with Gasteiger partial charge in [-0.1, -0.05) is 0 Å². The van der Waals surface area contributed by atoms with Crippen LogP contribution in [0.15, 0.2) is 12.1 Å². The number of hydrogen-bond donors (Lipinski definition) is 0. The Labute approximate surface area is 113 Å². The van der Waals surface area contributed by atoms with Gasteiger partial charge in [-0.15, -0.1) is 11.6 Å². The van der Waals surface area contributed by atoms with Crippen LogP contribution in [0.25, 0.3) is 11.2 Å². The van der Waals surface area contributed by atoms with Gasteiger partial charge in [0.05, 0.1) is 5.88 Å². The van der Waals surface area contributed by atoms with E-state index in [1.807, 2.05) is 19.1 Å². The molecule has 0 radical (unpaired) electrons. The molecule has 0 fully saturated rings. The number of pyridine rings is 1. The molecule has 0 aromatic carbocycles. The molecule has 0 aliphatic carbocycles. The van der Waals surface area contributed by atoms with E-state index < -0.39 is 0 Å². The highest BCUT2D eigenvalue weighted by Crippen LogP contribution is 2.16. The third-order valence-electron chi connectivity index (χ3n) is 2.92. The summed E-state index contributed by atoms with van der Waals surface area (Å²) in [4.78, 5) is 11.3. The summed E-state index contributed by atoms with van der Waals surface area (Å²) in [6, 6.07) is 3.99. The van der Waals surface area contributed by atoms with Gasteiger partial charge in [-0.2, -0.15) is 0 Å². The van der Waals surface area contributed by atoms with Crippen LogP contribution in [-0.4, -0.2) is 40.1 Å². The summed E-state index contributed by atoms with van der Waals surface area (Å²) in [5, 5.41) is 0. The summed E-state index contributed by atoms with van der Waals surface area (Å²) in [5.41, 5.74) is 2.89. The van der Waals surface area contributed by atoms with Crippen LogP contribution in [0, 0.1) is 6.92 Å². The van der Waals surface area contributed by atoms with Gasteiger partial charge in [-0.05, 0) is 46.1 Å². The molecule has 98 valence electrons. The number of imidazole rings is 1. The highest BCUT2D eigenvalue weighted by atomic mass is 35.5. The lowest BCUT2D eigenvalue weighted by Gasteiger charge is -2.11. The number of rotatable bonds is 5. The maximum absolute atomic E-state index is 5.96. The fraction of sp³-hybridized carbons (Fsp3) is 0.538. The Morgan fingerprint density at radius 1 is 1.28 bits per heavy atom. The molecule has 0 N–H and O–H groups in total. The molecule has 0 bridgehead atoms. The average molecular weight is 267 g/mol. The van der Waals surface area contributed by atoms with Gasteiger partial charge >= 0.3 is 0 Å². The molecule has 2 aromatic heterocycles. The number of halogens is 1. The van der Waals surface area contributed by atoms with E-state index in [9.17, 15) is 0 Å². The van der Waals surface area contributed by atoms with Crippen LogP contribution in [0.2, 0.25) is 0 Å². The lowest BCUT2D eigenvalue weighted by Crippen LogP contribution is -2.15. The molecule has 0 unspecified atom stereocenters. The summed E-state index contributed by atoms with van der Waals surface area (Å²) in [5.74, 6) is 1.33. The summed E-state index contributed by atoms with van der Waals surface area (Å²) in [6.45, 7) is 3.96. The van der Waals surface area contributed by atoms with E-state index in [4.69, 9.17) is 11.6 Å². The number of alkyl halides is 1. The molecule has 0 amide bonds. The molecule has 4 nitrogen and oxygen atoms in total. The minimum Gasteiger partial charge on any atom is -0.312 e. The van der Waals surface area contributed by atoms with E-state index in [-0.39, 0.29) is 0 Å². The maximum atomic E-state index is 5.96. The number of fused-ring (bicyclic) bond motifs is 1. The van der Waals surface area contributed by atoms with Crippen molar-refractivity contribution in [3.63, 3.8) is 0 Å². The van der Waals surface area contributed by atoms with Crippen LogP contribution in [0.3, 0.4) is 0 Å². The fourth-order valence-corrected chi connectivity index (χ4v) is 2.23. The van der Waals surface area contributed by atoms with Crippen molar-refractivity contribution < 1.29 is 0 Å². The second-order valence-corrected chi connectivity index (χ2v) is 5.03. The molecule has 0 atom stereocenters. The lowest BCUT2D eigenvalue weighted by molar-refractivity contribution is 0.386. The topological polar surface area (TPSA) is 34.0 Å². The molecular formula is C13H19ClN4.